The summed E-state index contributed by atoms with van der Waals surface area (Å²) < 4.78 is 10.7. The Morgan fingerprint density at radius 2 is 1.67 bits per heavy atom. The van der Waals surface area contributed by atoms with Crippen LogP contribution in [-0.2, 0) is 6.42 Å². The summed E-state index contributed by atoms with van der Waals surface area (Å²) in [6, 6.07) is 6.99. The molecule has 0 aliphatic carbocycles. The number of benzene rings is 1. The first-order valence-corrected chi connectivity index (χ1v) is 8.38. The summed E-state index contributed by atoms with van der Waals surface area (Å²) in [5.74, 6) is 2.29. The zero-order chi connectivity index (χ0) is 18.8. The second-order valence-electron chi connectivity index (χ2n) is 5.88. The number of rotatable bonds is 4. The molecule has 3 heterocycles. The van der Waals surface area contributed by atoms with Gasteiger partial charge in [-0.25, -0.2) is 19.9 Å². The van der Waals surface area contributed by atoms with E-state index in [1.54, 1.807) is 55.9 Å². The van der Waals surface area contributed by atoms with Crippen molar-refractivity contribution in [2.75, 3.05) is 25.7 Å². The molecule has 1 amide bonds. The van der Waals surface area contributed by atoms with Crippen LogP contribution in [-0.4, -0.2) is 46.6 Å². The van der Waals surface area contributed by atoms with Crippen molar-refractivity contribution in [3.8, 4) is 23.1 Å². The van der Waals surface area contributed by atoms with Crippen molar-refractivity contribution in [2.45, 2.75) is 6.42 Å². The Morgan fingerprint density at radius 3 is 2.41 bits per heavy atom. The third-order valence-electron chi connectivity index (χ3n) is 4.37. The van der Waals surface area contributed by atoms with Crippen molar-refractivity contribution >= 4 is 11.7 Å². The molecule has 8 heteroatoms. The minimum absolute atomic E-state index is 0.143. The lowest BCUT2D eigenvalue weighted by Crippen LogP contribution is -2.38. The number of hydrogen-bond acceptors (Lipinski definition) is 7. The van der Waals surface area contributed by atoms with Gasteiger partial charge in [0.1, 0.15) is 5.82 Å². The minimum atomic E-state index is -0.143. The van der Waals surface area contributed by atoms with E-state index in [0.717, 1.165) is 5.56 Å². The first kappa shape index (κ1) is 16.9. The maximum absolute atomic E-state index is 13.1. The van der Waals surface area contributed by atoms with Gasteiger partial charge in [0.05, 0.1) is 14.2 Å². The molecule has 3 aromatic rings. The van der Waals surface area contributed by atoms with E-state index >= 15 is 0 Å². The maximum atomic E-state index is 13.1. The van der Waals surface area contributed by atoms with Crippen LogP contribution >= 0.6 is 0 Å². The van der Waals surface area contributed by atoms with Crippen LogP contribution in [0.5, 0.6) is 11.5 Å². The standard InChI is InChI=1S/C19H17N5O3/c1-26-14-10-12-5-9-24(19(25)13(12)11-15(14)27-2)16-4-8-22-18(23-16)17-20-6-3-7-21-17/h3-4,6-8,10-11H,5,9H2,1-2H3. The van der Waals surface area contributed by atoms with E-state index < -0.39 is 0 Å². The summed E-state index contributed by atoms with van der Waals surface area (Å²) in [6.07, 6.45) is 5.54. The number of carbonyl (C=O) groups is 1. The Morgan fingerprint density at radius 1 is 0.963 bits per heavy atom. The Bertz CT molecular complexity index is 994. The summed E-state index contributed by atoms with van der Waals surface area (Å²) in [6.45, 7) is 0.507. The molecule has 1 aromatic carbocycles. The molecule has 0 radical (unpaired) electrons. The first-order valence-electron chi connectivity index (χ1n) is 8.38. The van der Waals surface area contributed by atoms with Gasteiger partial charge in [0.2, 0.25) is 0 Å². The molecule has 0 saturated carbocycles. The van der Waals surface area contributed by atoms with Gasteiger partial charge < -0.3 is 9.47 Å². The van der Waals surface area contributed by atoms with Gasteiger partial charge in [-0.2, -0.15) is 0 Å². The number of aromatic nitrogens is 4. The predicted octanol–water partition coefficient (Wildman–Crippen LogP) is 2.15. The van der Waals surface area contributed by atoms with Gasteiger partial charge in [-0.05, 0) is 36.2 Å². The van der Waals surface area contributed by atoms with Crippen molar-refractivity contribution in [3.63, 3.8) is 0 Å². The molecule has 0 unspecified atom stereocenters. The lowest BCUT2D eigenvalue weighted by atomic mass is 9.98. The molecular weight excluding hydrogens is 346 g/mol. The number of carbonyl (C=O) groups excluding carboxylic acids is 1. The fourth-order valence-electron chi connectivity index (χ4n) is 3.05. The summed E-state index contributed by atoms with van der Waals surface area (Å²) in [5, 5.41) is 0. The molecule has 8 nitrogen and oxygen atoms in total. The monoisotopic (exact) mass is 363 g/mol. The second-order valence-corrected chi connectivity index (χ2v) is 5.88. The lowest BCUT2D eigenvalue weighted by Gasteiger charge is -2.28. The highest BCUT2D eigenvalue weighted by Gasteiger charge is 2.28. The van der Waals surface area contributed by atoms with Gasteiger partial charge >= 0.3 is 0 Å². The molecule has 0 bridgehead atoms. The number of ether oxygens (including phenoxy) is 2. The SMILES string of the molecule is COc1cc2c(cc1OC)C(=O)N(c1ccnc(-c3ncccn3)n1)CC2. The largest absolute Gasteiger partial charge is 0.493 e. The zero-order valence-electron chi connectivity index (χ0n) is 14.9. The zero-order valence-corrected chi connectivity index (χ0v) is 14.9. The van der Waals surface area contributed by atoms with Crippen LogP contribution in [0.15, 0.2) is 42.9 Å². The van der Waals surface area contributed by atoms with Crippen LogP contribution in [0.25, 0.3) is 11.6 Å². The smallest absolute Gasteiger partial charge is 0.259 e. The number of fused-ring (bicyclic) bond motifs is 1. The van der Waals surface area contributed by atoms with Crippen molar-refractivity contribution in [1.29, 1.82) is 0 Å². The number of nitrogens with zero attached hydrogens (tertiary/aromatic N) is 5. The molecule has 1 aliphatic rings. The van der Waals surface area contributed by atoms with E-state index in [4.69, 9.17) is 9.47 Å². The maximum Gasteiger partial charge on any atom is 0.259 e. The van der Waals surface area contributed by atoms with E-state index in [1.807, 2.05) is 6.07 Å². The average Bonchev–Trinajstić information content (AvgIpc) is 2.74. The molecule has 0 saturated heterocycles. The highest BCUT2D eigenvalue weighted by molar-refractivity contribution is 6.08. The highest BCUT2D eigenvalue weighted by Crippen LogP contribution is 2.34. The first-order chi connectivity index (χ1) is 13.2. The molecule has 27 heavy (non-hydrogen) atoms. The third-order valence-corrected chi connectivity index (χ3v) is 4.37. The summed E-state index contributed by atoms with van der Waals surface area (Å²) in [4.78, 5) is 31.7. The lowest BCUT2D eigenvalue weighted by molar-refractivity contribution is 0.0979. The third kappa shape index (κ3) is 3.05. The molecule has 0 atom stereocenters. The molecule has 0 spiro atoms. The number of hydrogen-bond donors (Lipinski definition) is 0. The van der Waals surface area contributed by atoms with E-state index in [1.165, 1.54) is 0 Å². The molecule has 4 rings (SSSR count). The van der Waals surface area contributed by atoms with Crippen molar-refractivity contribution in [2.24, 2.45) is 0 Å². The minimum Gasteiger partial charge on any atom is -0.493 e. The van der Waals surface area contributed by atoms with Gasteiger partial charge in [0, 0.05) is 30.7 Å². The van der Waals surface area contributed by atoms with Crippen LogP contribution < -0.4 is 14.4 Å². The number of methoxy groups -OCH3 is 2. The van der Waals surface area contributed by atoms with Gasteiger partial charge in [-0.3, -0.25) is 9.69 Å². The Hall–Kier alpha value is -3.55. The highest BCUT2D eigenvalue weighted by atomic mass is 16.5. The fourth-order valence-corrected chi connectivity index (χ4v) is 3.05. The van der Waals surface area contributed by atoms with Gasteiger partial charge in [-0.15, -0.1) is 0 Å². The van der Waals surface area contributed by atoms with Crippen LogP contribution in [0.4, 0.5) is 5.82 Å². The Labute approximate surface area is 155 Å². The number of anilines is 1. The van der Waals surface area contributed by atoms with Crippen molar-refractivity contribution in [3.05, 3.63) is 54.0 Å². The fraction of sp³-hybridized carbons (Fsp3) is 0.211. The molecule has 0 fully saturated rings. The topological polar surface area (TPSA) is 90.3 Å². The molecule has 136 valence electrons. The van der Waals surface area contributed by atoms with Crippen LogP contribution in [0.1, 0.15) is 15.9 Å². The Balaban J connectivity index is 1.70. The van der Waals surface area contributed by atoms with E-state index in [9.17, 15) is 4.79 Å². The summed E-state index contributed by atoms with van der Waals surface area (Å²) in [7, 11) is 3.13. The second kappa shape index (κ2) is 6.99. The Kier molecular flexibility index (Phi) is 4.37. The van der Waals surface area contributed by atoms with Gasteiger partial charge in [-0.1, -0.05) is 0 Å². The van der Waals surface area contributed by atoms with Gasteiger partial charge in [0.25, 0.3) is 5.91 Å². The normalized spacial score (nSPS) is 13.3. The van der Waals surface area contributed by atoms with Gasteiger partial charge in [0.15, 0.2) is 23.1 Å². The van der Waals surface area contributed by atoms with E-state index in [0.29, 0.717) is 47.5 Å². The van der Waals surface area contributed by atoms with Crippen molar-refractivity contribution < 1.29 is 14.3 Å². The van der Waals surface area contributed by atoms with Crippen LogP contribution in [0.2, 0.25) is 0 Å². The number of amides is 1. The van der Waals surface area contributed by atoms with Crippen LogP contribution in [0, 0.1) is 0 Å². The molecular formula is C19H17N5O3. The summed E-state index contributed by atoms with van der Waals surface area (Å²) in [5.41, 5.74) is 1.50. The predicted molar refractivity (Wildman–Crippen MR) is 98.0 cm³/mol. The van der Waals surface area contributed by atoms with E-state index in [2.05, 4.69) is 19.9 Å². The quantitative estimate of drug-likeness (QED) is 0.701. The molecule has 1 aliphatic heterocycles. The average molecular weight is 363 g/mol. The van der Waals surface area contributed by atoms with Crippen LogP contribution in [0.3, 0.4) is 0 Å². The van der Waals surface area contributed by atoms with Crippen molar-refractivity contribution in [1.82, 2.24) is 19.9 Å². The molecule has 0 N–H and O–H groups in total. The summed E-state index contributed by atoms with van der Waals surface area (Å²) >= 11 is 0. The van der Waals surface area contributed by atoms with E-state index in [-0.39, 0.29) is 5.91 Å². The molecule has 2 aromatic heterocycles.